The van der Waals surface area contributed by atoms with Gasteiger partial charge in [0.15, 0.2) is 23.0 Å². The predicted molar refractivity (Wildman–Crippen MR) is 295 cm³/mol. The molecule has 4 N–H and O–H groups in total. The number of unbranched alkanes of at least 4 members (excludes halogenated alkanes) is 8. The summed E-state index contributed by atoms with van der Waals surface area (Å²) in [5.74, 6) is -4.95. The number of aliphatic imine (C=N–C) groups is 2. The van der Waals surface area contributed by atoms with Gasteiger partial charge in [0.2, 0.25) is 0 Å². The molecule has 0 aliphatic rings. The number of aryl methyl sites for hydroxylation is 6. The van der Waals surface area contributed by atoms with Crippen LogP contribution in [0, 0.1) is 13.8 Å². The summed E-state index contributed by atoms with van der Waals surface area (Å²) in [7, 11) is 0. The van der Waals surface area contributed by atoms with Crippen LogP contribution in [0.3, 0.4) is 0 Å². The molecule has 0 saturated heterocycles. The van der Waals surface area contributed by atoms with Gasteiger partial charge in [-0.2, -0.15) is 0 Å². The topological polar surface area (TPSA) is 186 Å². The first-order chi connectivity index (χ1) is 34.6. The molecule has 4 aromatic carbocycles. The maximum absolute atomic E-state index is 10.9. The van der Waals surface area contributed by atoms with Crippen molar-refractivity contribution in [3.05, 3.63) is 104 Å². The van der Waals surface area contributed by atoms with Gasteiger partial charge >= 0.3 is 16.5 Å². The molecular formula is C62H90N2NiO8. The maximum Gasteiger partial charge on any atom is 2.00 e. The summed E-state index contributed by atoms with van der Waals surface area (Å²) in [5.41, 5.74) is 12.4. The molecule has 0 aliphatic heterocycles. The summed E-state index contributed by atoms with van der Waals surface area (Å²) in [5, 5.41) is 59.7. The van der Waals surface area contributed by atoms with E-state index in [4.69, 9.17) is 9.98 Å². The Hall–Kier alpha value is -5.15. The zero-order chi connectivity index (χ0) is 53.6. The molecule has 0 radical (unpaired) electrons. The Kier molecular flexibility index (Phi) is 33.1. The number of carbonyl (C=O) groups excluding carboxylic acids is 2. The molecule has 406 valence electrons. The van der Waals surface area contributed by atoms with Gasteiger partial charge in [-0.25, -0.2) is 0 Å². The van der Waals surface area contributed by atoms with Crippen molar-refractivity contribution in [2.45, 2.75) is 223 Å². The second-order valence-corrected chi connectivity index (χ2v) is 19.2. The van der Waals surface area contributed by atoms with Gasteiger partial charge in [0, 0.05) is 11.1 Å². The van der Waals surface area contributed by atoms with Crippen LogP contribution in [0.4, 0.5) is 11.4 Å². The fourth-order valence-electron chi connectivity index (χ4n) is 9.06. The van der Waals surface area contributed by atoms with Crippen LogP contribution in [-0.4, -0.2) is 43.8 Å². The largest absolute Gasteiger partial charge is 2.00 e. The summed E-state index contributed by atoms with van der Waals surface area (Å²) in [6.07, 6.45) is 26.1. The van der Waals surface area contributed by atoms with Crippen LogP contribution >= 0.6 is 0 Å². The van der Waals surface area contributed by atoms with E-state index in [1.165, 1.54) is 104 Å². The number of phenolic OH excluding ortho intramolecular Hbond substituents is 2. The first kappa shape index (κ1) is 65.9. The Morgan fingerprint density at radius 3 is 1.10 bits per heavy atom. The van der Waals surface area contributed by atoms with E-state index in [2.05, 4.69) is 91.8 Å². The third kappa shape index (κ3) is 22.1. The Morgan fingerprint density at radius 2 is 0.753 bits per heavy atom. The number of carbonyl (C=O) groups is 2. The second kappa shape index (κ2) is 36.7. The zero-order valence-corrected chi connectivity index (χ0v) is 47.2. The number of aromatic carboxylic acids is 2. The van der Waals surface area contributed by atoms with Crippen molar-refractivity contribution in [3.8, 4) is 23.0 Å². The quantitative estimate of drug-likeness (QED) is 0.0179. The average Bonchev–Trinajstić information content (AvgIpc) is 3.34. The van der Waals surface area contributed by atoms with Gasteiger partial charge in [0.05, 0.1) is 34.7 Å². The zero-order valence-electron chi connectivity index (χ0n) is 46.2. The van der Waals surface area contributed by atoms with Gasteiger partial charge < -0.3 is 40.2 Å². The van der Waals surface area contributed by atoms with Crippen LogP contribution in [0.25, 0.3) is 0 Å². The number of carboxylic acids is 2. The van der Waals surface area contributed by atoms with Crippen LogP contribution in [0.5, 0.6) is 23.0 Å². The molecule has 0 fully saturated rings. The first-order valence-corrected chi connectivity index (χ1v) is 27.5. The normalized spacial score (nSPS) is 11.3. The third-order valence-electron chi connectivity index (χ3n) is 13.2. The summed E-state index contributed by atoms with van der Waals surface area (Å²) in [6, 6.07) is 16.7. The van der Waals surface area contributed by atoms with E-state index in [0.717, 1.165) is 106 Å². The van der Waals surface area contributed by atoms with Crippen LogP contribution < -0.4 is 10.2 Å². The van der Waals surface area contributed by atoms with E-state index in [1.807, 2.05) is 0 Å². The van der Waals surface area contributed by atoms with Crippen molar-refractivity contribution >= 4 is 34.7 Å². The average molecular weight is 1050 g/mol. The molecule has 0 unspecified atom stereocenters. The summed E-state index contributed by atoms with van der Waals surface area (Å²) >= 11 is 0. The molecule has 0 bridgehead atoms. The fraction of sp³-hybridized carbons (Fsp3) is 0.548. The van der Waals surface area contributed by atoms with Crippen LogP contribution in [-0.2, 0) is 55.0 Å². The van der Waals surface area contributed by atoms with Gasteiger partial charge in [-0.1, -0.05) is 145 Å². The molecule has 4 rings (SSSR count). The molecule has 0 amide bonds. The fourth-order valence-corrected chi connectivity index (χ4v) is 9.06. The van der Waals surface area contributed by atoms with E-state index in [0.29, 0.717) is 24.0 Å². The number of benzene rings is 4. The smallest absolute Gasteiger partial charge is 0.545 e. The minimum atomic E-state index is -1.47. The number of hydrogen-bond acceptors (Lipinski definition) is 10. The molecule has 11 heteroatoms. The maximum atomic E-state index is 10.9. The molecule has 10 nitrogen and oxygen atoms in total. The Morgan fingerprint density at radius 1 is 0.411 bits per heavy atom. The van der Waals surface area contributed by atoms with Gasteiger partial charge in [0.25, 0.3) is 0 Å². The second-order valence-electron chi connectivity index (χ2n) is 19.2. The molecule has 0 aromatic heterocycles. The van der Waals surface area contributed by atoms with E-state index >= 15 is 0 Å². The van der Waals surface area contributed by atoms with Crippen molar-refractivity contribution in [1.29, 1.82) is 0 Å². The molecular weight excluding hydrogens is 959 g/mol. The Bertz CT molecular complexity index is 2270. The van der Waals surface area contributed by atoms with Crippen LogP contribution in [0.2, 0.25) is 0 Å². The molecule has 0 atom stereocenters. The SMILES string of the molecule is CCCCCCC(=Nc1ccc(CCC)c(CCC)c1)C(CCCC)=Nc1ccc(CCC)c(CCC)c1.CCCCCc1cc(O)c(O)c(C(=O)[O-])c1C.CCCCCc1cc(O)c(O)c(C(=O)[O-])c1C.[Ni+2]. The molecule has 73 heavy (non-hydrogen) atoms. The van der Waals surface area contributed by atoms with Gasteiger partial charge in [-0.3, -0.25) is 9.98 Å². The van der Waals surface area contributed by atoms with E-state index in [1.54, 1.807) is 13.8 Å². The van der Waals surface area contributed by atoms with Crippen molar-refractivity contribution in [2.75, 3.05) is 0 Å². The first-order valence-electron chi connectivity index (χ1n) is 27.5. The summed E-state index contributed by atoms with van der Waals surface area (Å²) in [6.45, 7) is 21.0. The predicted octanol–water partition coefficient (Wildman–Crippen LogP) is 14.5. The number of hydrogen-bond donors (Lipinski definition) is 4. The number of rotatable bonds is 29. The minimum absolute atomic E-state index is 0. The van der Waals surface area contributed by atoms with E-state index in [-0.39, 0.29) is 27.6 Å². The van der Waals surface area contributed by atoms with Crippen LogP contribution in [0.1, 0.15) is 236 Å². The molecule has 4 aromatic rings. The van der Waals surface area contributed by atoms with Crippen molar-refractivity contribution in [2.24, 2.45) is 9.98 Å². The van der Waals surface area contributed by atoms with Crippen molar-refractivity contribution in [3.63, 3.8) is 0 Å². The number of aromatic hydroxyl groups is 4. The van der Waals surface area contributed by atoms with Crippen molar-refractivity contribution in [1.82, 2.24) is 0 Å². The Balaban J connectivity index is 0.000000628. The summed E-state index contributed by atoms with van der Waals surface area (Å²) in [4.78, 5) is 32.5. The van der Waals surface area contributed by atoms with Gasteiger partial charge in [-0.15, -0.1) is 0 Å². The third-order valence-corrected chi connectivity index (χ3v) is 13.2. The summed E-state index contributed by atoms with van der Waals surface area (Å²) < 4.78 is 0. The van der Waals surface area contributed by atoms with Gasteiger partial charge in [0.1, 0.15) is 0 Å². The molecule has 0 spiro atoms. The monoisotopic (exact) mass is 1050 g/mol. The van der Waals surface area contributed by atoms with Crippen LogP contribution in [0.15, 0.2) is 58.5 Å². The molecule has 0 aliphatic carbocycles. The van der Waals surface area contributed by atoms with Crippen molar-refractivity contribution < 1.29 is 56.7 Å². The minimum Gasteiger partial charge on any atom is -0.545 e. The van der Waals surface area contributed by atoms with Gasteiger partial charge in [-0.05, 0) is 172 Å². The number of carboxylic acid groups (broad SMARTS) is 2. The van der Waals surface area contributed by atoms with E-state index < -0.39 is 34.9 Å². The molecule has 0 heterocycles. The number of phenols is 4. The standard InChI is InChI=1S/C36H56N2.2C13H18O4.Ni/c1-7-13-15-16-22-36(38-34-26-24-30(18-10-4)32(28-34)20-12-6)35(21-14-8-2)37-33-25-23-29(17-9-3)31(27-33)19-11-5;2*1-3-4-5-6-9-7-10(14)12(15)11(8(9)2)13(16)17;/h23-28H,7-22H2,1-6H3;2*7,14-15H,3-6H2,1-2H3,(H,16,17);/q;;;+2/p-2. The Labute approximate surface area is 449 Å². The van der Waals surface area contributed by atoms with E-state index in [9.17, 15) is 40.2 Å². The number of nitrogens with zero attached hydrogens (tertiary/aromatic N) is 2. The molecule has 0 saturated carbocycles.